The summed E-state index contributed by atoms with van der Waals surface area (Å²) in [6, 6.07) is 2.16. The molecule has 1 amide bonds. The van der Waals surface area contributed by atoms with E-state index < -0.39 is 0 Å². The van der Waals surface area contributed by atoms with Gasteiger partial charge in [-0.2, -0.15) is 0 Å². The normalized spacial score (nSPS) is 29.5. The molecule has 2 aliphatic rings. The molecule has 0 aromatic carbocycles. The summed E-state index contributed by atoms with van der Waals surface area (Å²) in [5.74, 6) is 0.157. The van der Waals surface area contributed by atoms with E-state index in [-0.39, 0.29) is 5.91 Å². The molecule has 0 aromatic rings. The lowest BCUT2D eigenvalue weighted by Crippen LogP contribution is -2.36. The number of hydrogen-bond acceptors (Lipinski definition) is 3. The Morgan fingerprint density at radius 1 is 1.41 bits per heavy atom. The highest BCUT2D eigenvalue weighted by atomic mass is 16.1. The third-order valence-corrected chi connectivity index (χ3v) is 3.80. The number of hydrogen-bond donors (Lipinski definition) is 2. The number of rotatable bonds is 6. The number of nitrogens with zero attached hydrogens (tertiary/aromatic N) is 1. The molecule has 1 aliphatic carbocycles. The molecule has 0 radical (unpaired) electrons. The Morgan fingerprint density at radius 3 is 2.82 bits per heavy atom. The fraction of sp³-hybridized carbons (Fsp3) is 0.923. The van der Waals surface area contributed by atoms with Crippen molar-refractivity contribution in [1.82, 2.24) is 15.5 Å². The maximum absolute atomic E-state index is 11.3. The maximum atomic E-state index is 11.3. The molecule has 0 bridgehead atoms. The van der Waals surface area contributed by atoms with Gasteiger partial charge in [0, 0.05) is 44.2 Å². The molecule has 17 heavy (non-hydrogen) atoms. The van der Waals surface area contributed by atoms with Crippen molar-refractivity contribution < 1.29 is 4.79 Å². The second-order valence-electron chi connectivity index (χ2n) is 5.37. The van der Waals surface area contributed by atoms with Gasteiger partial charge in [0.1, 0.15) is 0 Å². The van der Waals surface area contributed by atoms with Crippen LogP contribution >= 0.6 is 0 Å². The molecular weight excluding hydrogens is 214 g/mol. The van der Waals surface area contributed by atoms with Crippen LogP contribution in [0.25, 0.3) is 0 Å². The number of likely N-dealkylation sites (tertiary alicyclic amines) is 1. The monoisotopic (exact) mass is 239 g/mol. The van der Waals surface area contributed by atoms with Crippen molar-refractivity contribution >= 4 is 5.91 Å². The van der Waals surface area contributed by atoms with Gasteiger partial charge in [-0.3, -0.25) is 9.69 Å². The third kappa shape index (κ3) is 3.68. The van der Waals surface area contributed by atoms with Crippen LogP contribution in [0, 0.1) is 0 Å². The van der Waals surface area contributed by atoms with Gasteiger partial charge in [0.15, 0.2) is 0 Å². The molecule has 4 heteroatoms. The molecule has 1 aliphatic heterocycles. The van der Waals surface area contributed by atoms with Gasteiger partial charge in [0.05, 0.1) is 0 Å². The molecule has 98 valence electrons. The second kappa shape index (κ2) is 5.83. The average Bonchev–Trinajstić information content (AvgIpc) is 3.04. The van der Waals surface area contributed by atoms with Crippen molar-refractivity contribution in [3.63, 3.8) is 0 Å². The predicted molar refractivity (Wildman–Crippen MR) is 68.9 cm³/mol. The van der Waals surface area contributed by atoms with Crippen LogP contribution in [0.3, 0.4) is 0 Å². The Morgan fingerprint density at radius 2 is 2.18 bits per heavy atom. The molecule has 1 heterocycles. The molecule has 1 saturated carbocycles. The van der Waals surface area contributed by atoms with Crippen molar-refractivity contribution in [3.05, 3.63) is 0 Å². The molecular formula is C13H25N3O. The van der Waals surface area contributed by atoms with Gasteiger partial charge in [-0.1, -0.05) is 0 Å². The van der Waals surface area contributed by atoms with Crippen LogP contribution in [0.15, 0.2) is 0 Å². The maximum Gasteiger partial charge on any atom is 0.221 e. The smallest absolute Gasteiger partial charge is 0.221 e. The minimum absolute atomic E-state index is 0.157. The Hall–Kier alpha value is -0.610. The lowest BCUT2D eigenvalue weighted by atomic mass is 10.2. The fourth-order valence-electron chi connectivity index (χ4n) is 2.79. The topological polar surface area (TPSA) is 44.4 Å². The second-order valence-corrected chi connectivity index (χ2v) is 5.37. The highest BCUT2D eigenvalue weighted by molar-refractivity contribution is 5.75. The molecule has 2 unspecified atom stereocenters. The summed E-state index contributed by atoms with van der Waals surface area (Å²) < 4.78 is 0. The summed E-state index contributed by atoms with van der Waals surface area (Å²) in [6.45, 7) is 6.99. The standard InChI is InChI=1S/C13H25N3O/c1-3-14-13(17)6-7-15-11-8-10(2)16(9-11)12-4-5-12/h10-12,15H,3-9H2,1-2H3,(H,14,17). The summed E-state index contributed by atoms with van der Waals surface area (Å²) in [5, 5.41) is 6.34. The van der Waals surface area contributed by atoms with E-state index >= 15 is 0 Å². The summed E-state index contributed by atoms with van der Waals surface area (Å²) in [5.41, 5.74) is 0. The SMILES string of the molecule is CCNC(=O)CCNC1CC(C)N(C2CC2)C1. The summed E-state index contributed by atoms with van der Waals surface area (Å²) >= 11 is 0. The number of nitrogens with one attached hydrogen (secondary N) is 2. The van der Waals surface area contributed by atoms with Crippen LogP contribution in [0.5, 0.6) is 0 Å². The molecule has 4 nitrogen and oxygen atoms in total. The molecule has 2 N–H and O–H groups in total. The van der Waals surface area contributed by atoms with E-state index in [1.165, 1.54) is 25.8 Å². The third-order valence-electron chi connectivity index (χ3n) is 3.80. The number of carbonyl (C=O) groups excluding carboxylic acids is 1. The van der Waals surface area contributed by atoms with E-state index in [0.29, 0.717) is 18.5 Å². The van der Waals surface area contributed by atoms with Gasteiger partial charge in [-0.15, -0.1) is 0 Å². The van der Waals surface area contributed by atoms with E-state index in [1.807, 2.05) is 6.92 Å². The first-order valence-electron chi connectivity index (χ1n) is 6.96. The van der Waals surface area contributed by atoms with Gasteiger partial charge in [0.25, 0.3) is 0 Å². The molecule has 2 fully saturated rings. The minimum atomic E-state index is 0.157. The van der Waals surface area contributed by atoms with E-state index in [1.54, 1.807) is 0 Å². The first kappa shape index (κ1) is 12.8. The zero-order valence-electron chi connectivity index (χ0n) is 11.0. The van der Waals surface area contributed by atoms with Gasteiger partial charge >= 0.3 is 0 Å². The largest absolute Gasteiger partial charge is 0.356 e. The van der Waals surface area contributed by atoms with Gasteiger partial charge in [0.2, 0.25) is 5.91 Å². The van der Waals surface area contributed by atoms with Crippen LogP contribution in [0.4, 0.5) is 0 Å². The number of carbonyl (C=O) groups is 1. The van der Waals surface area contributed by atoms with Gasteiger partial charge in [-0.05, 0) is 33.1 Å². The van der Waals surface area contributed by atoms with Crippen molar-refractivity contribution in [1.29, 1.82) is 0 Å². The van der Waals surface area contributed by atoms with Gasteiger partial charge < -0.3 is 10.6 Å². The summed E-state index contributed by atoms with van der Waals surface area (Å²) in [4.78, 5) is 13.9. The fourth-order valence-corrected chi connectivity index (χ4v) is 2.79. The Labute approximate surface area is 104 Å². The van der Waals surface area contributed by atoms with Crippen LogP contribution in [-0.4, -0.2) is 48.6 Å². The van der Waals surface area contributed by atoms with Crippen LogP contribution in [-0.2, 0) is 4.79 Å². The quantitative estimate of drug-likeness (QED) is 0.718. The van der Waals surface area contributed by atoms with Crippen molar-refractivity contribution in [3.8, 4) is 0 Å². The summed E-state index contributed by atoms with van der Waals surface area (Å²) in [7, 11) is 0. The van der Waals surface area contributed by atoms with Gasteiger partial charge in [-0.25, -0.2) is 0 Å². The molecule has 0 spiro atoms. The molecule has 1 saturated heterocycles. The van der Waals surface area contributed by atoms with Crippen molar-refractivity contribution in [2.24, 2.45) is 0 Å². The minimum Gasteiger partial charge on any atom is -0.356 e. The van der Waals surface area contributed by atoms with Crippen LogP contribution in [0.2, 0.25) is 0 Å². The van der Waals surface area contributed by atoms with Crippen molar-refractivity contribution in [2.75, 3.05) is 19.6 Å². The van der Waals surface area contributed by atoms with Crippen molar-refractivity contribution in [2.45, 2.75) is 57.7 Å². The molecule has 0 aromatic heterocycles. The highest BCUT2D eigenvalue weighted by Crippen LogP contribution is 2.33. The van der Waals surface area contributed by atoms with E-state index in [0.717, 1.165) is 19.1 Å². The number of amides is 1. The Balaban J connectivity index is 1.62. The summed E-state index contributed by atoms with van der Waals surface area (Å²) in [6.07, 6.45) is 4.60. The molecule has 2 atom stereocenters. The van der Waals surface area contributed by atoms with Crippen LogP contribution in [0.1, 0.15) is 39.5 Å². The lowest BCUT2D eigenvalue weighted by Gasteiger charge is -2.19. The molecule has 2 rings (SSSR count). The highest BCUT2D eigenvalue weighted by Gasteiger charge is 2.38. The first-order valence-corrected chi connectivity index (χ1v) is 6.96. The van der Waals surface area contributed by atoms with E-state index in [2.05, 4.69) is 22.5 Å². The lowest BCUT2D eigenvalue weighted by molar-refractivity contribution is -0.120. The predicted octanol–water partition coefficient (Wildman–Crippen LogP) is 0.727. The Bertz CT molecular complexity index is 265. The zero-order chi connectivity index (χ0) is 12.3. The van der Waals surface area contributed by atoms with E-state index in [4.69, 9.17) is 0 Å². The average molecular weight is 239 g/mol. The van der Waals surface area contributed by atoms with E-state index in [9.17, 15) is 4.79 Å². The van der Waals surface area contributed by atoms with Crippen LogP contribution < -0.4 is 10.6 Å². The first-order chi connectivity index (χ1) is 8.20. The zero-order valence-corrected chi connectivity index (χ0v) is 11.0. The Kier molecular flexibility index (Phi) is 4.40.